The summed E-state index contributed by atoms with van der Waals surface area (Å²) in [6.07, 6.45) is 4.40. The maximum Gasteiger partial charge on any atom is 0.254 e. The lowest BCUT2D eigenvalue weighted by Gasteiger charge is -2.43. The Bertz CT molecular complexity index is 670. The van der Waals surface area contributed by atoms with E-state index in [4.69, 9.17) is 4.74 Å². The van der Waals surface area contributed by atoms with E-state index in [1.807, 2.05) is 4.90 Å². The highest BCUT2D eigenvalue weighted by Gasteiger charge is 2.36. The second-order valence-corrected chi connectivity index (χ2v) is 7.88. The number of fused-ring (bicyclic) bond motifs is 1. The van der Waals surface area contributed by atoms with Crippen LogP contribution >= 0.6 is 0 Å². The van der Waals surface area contributed by atoms with Crippen LogP contribution in [-0.4, -0.2) is 51.6 Å². The molecule has 23 heavy (non-hydrogen) atoms. The first-order valence-electron chi connectivity index (χ1n) is 7.99. The Labute approximate surface area is 136 Å². The number of nitrogens with one attached hydrogen (secondary N) is 1. The van der Waals surface area contributed by atoms with Crippen LogP contribution in [0.3, 0.4) is 0 Å². The van der Waals surface area contributed by atoms with Gasteiger partial charge in [-0.15, -0.1) is 0 Å². The molecule has 2 fully saturated rings. The molecule has 6 nitrogen and oxygen atoms in total. The lowest BCUT2D eigenvalue weighted by atomic mass is 9.89. The zero-order valence-corrected chi connectivity index (χ0v) is 14.0. The Hall–Kier alpha value is -1.44. The summed E-state index contributed by atoms with van der Waals surface area (Å²) >= 11 is 0. The van der Waals surface area contributed by atoms with Crippen molar-refractivity contribution >= 4 is 15.9 Å². The molecule has 126 valence electrons. The Morgan fingerprint density at radius 2 is 1.91 bits per heavy atom. The van der Waals surface area contributed by atoms with Gasteiger partial charge in [-0.1, -0.05) is 12.8 Å². The first kappa shape index (κ1) is 16.4. The predicted octanol–water partition coefficient (Wildman–Crippen LogP) is 1.38. The van der Waals surface area contributed by atoms with E-state index in [1.54, 1.807) is 12.1 Å². The van der Waals surface area contributed by atoms with Gasteiger partial charge in [0, 0.05) is 12.1 Å². The van der Waals surface area contributed by atoms with Crippen LogP contribution < -0.4 is 4.72 Å². The van der Waals surface area contributed by atoms with Crippen molar-refractivity contribution in [2.75, 3.05) is 20.2 Å². The Kier molecular flexibility index (Phi) is 4.70. The summed E-state index contributed by atoms with van der Waals surface area (Å²) in [5, 5.41) is 0. The van der Waals surface area contributed by atoms with Gasteiger partial charge in [0.25, 0.3) is 5.91 Å². The summed E-state index contributed by atoms with van der Waals surface area (Å²) in [6.45, 7) is 1.16. The number of nitrogens with zero attached hydrogens (tertiary/aromatic N) is 1. The Morgan fingerprint density at radius 3 is 2.61 bits per heavy atom. The molecule has 2 aliphatic rings. The highest BCUT2D eigenvalue weighted by molar-refractivity contribution is 7.89. The molecule has 1 heterocycles. The quantitative estimate of drug-likeness (QED) is 0.903. The maximum absolute atomic E-state index is 12.8. The molecule has 7 heteroatoms. The summed E-state index contributed by atoms with van der Waals surface area (Å²) in [7, 11) is -2.11. The van der Waals surface area contributed by atoms with Gasteiger partial charge in [-0.3, -0.25) is 4.79 Å². The molecule has 3 rings (SSSR count). The number of ether oxygens (including phenoxy) is 1. The third-order valence-corrected chi connectivity index (χ3v) is 6.10. The van der Waals surface area contributed by atoms with Crippen LogP contribution in [0.15, 0.2) is 29.2 Å². The predicted molar refractivity (Wildman–Crippen MR) is 85.7 cm³/mol. The standard InChI is InChI=1S/C16H22N2O4S/c1-17-23(20,21)13-8-6-12(7-9-13)16(19)18-10-11-22-15-5-3-2-4-14(15)18/h6-9,14-15,17H,2-5,10-11H2,1H3. The fourth-order valence-corrected chi connectivity index (χ4v) is 4.14. The minimum Gasteiger partial charge on any atom is -0.374 e. The highest BCUT2D eigenvalue weighted by atomic mass is 32.2. The largest absolute Gasteiger partial charge is 0.374 e. The van der Waals surface area contributed by atoms with Gasteiger partial charge >= 0.3 is 0 Å². The van der Waals surface area contributed by atoms with Crippen LogP contribution in [0.2, 0.25) is 0 Å². The number of amides is 1. The first-order chi connectivity index (χ1) is 11.0. The fraction of sp³-hybridized carbons (Fsp3) is 0.562. The zero-order chi connectivity index (χ0) is 16.4. The first-order valence-corrected chi connectivity index (χ1v) is 9.47. The van der Waals surface area contributed by atoms with E-state index in [-0.39, 0.29) is 22.9 Å². The van der Waals surface area contributed by atoms with Crippen molar-refractivity contribution in [3.8, 4) is 0 Å². The van der Waals surface area contributed by atoms with Crippen LogP contribution in [0.25, 0.3) is 0 Å². The summed E-state index contributed by atoms with van der Waals surface area (Å²) in [5.74, 6) is -0.0430. The monoisotopic (exact) mass is 338 g/mol. The number of carbonyl (C=O) groups is 1. The second-order valence-electron chi connectivity index (χ2n) is 5.99. The Morgan fingerprint density at radius 1 is 1.22 bits per heavy atom. The van der Waals surface area contributed by atoms with Crippen LogP contribution in [0, 0.1) is 0 Å². The van der Waals surface area contributed by atoms with Gasteiger partial charge in [-0.05, 0) is 44.2 Å². The molecule has 1 saturated carbocycles. The van der Waals surface area contributed by atoms with Crippen molar-refractivity contribution in [1.82, 2.24) is 9.62 Å². The smallest absolute Gasteiger partial charge is 0.254 e. The van der Waals surface area contributed by atoms with E-state index >= 15 is 0 Å². The maximum atomic E-state index is 12.8. The highest BCUT2D eigenvalue weighted by Crippen LogP contribution is 2.29. The zero-order valence-electron chi connectivity index (χ0n) is 13.2. The summed E-state index contributed by atoms with van der Waals surface area (Å²) in [6, 6.07) is 6.25. The molecule has 1 aliphatic heterocycles. The van der Waals surface area contributed by atoms with Crippen LogP contribution in [-0.2, 0) is 14.8 Å². The third kappa shape index (κ3) is 3.27. The SMILES string of the molecule is CNS(=O)(=O)c1ccc(C(=O)N2CCOC3CCCCC32)cc1. The normalized spacial score (nSPS) is 25.0. The molecule has 1 aromatic carbocycles. The van der Waals surface area contributed by atoms with E-state index in [0.717, 1.165) is 25.7 Å². The van der Waals surface area contributed by atoms with E-state index in [2.05, 4.69) is 4.72 Å². The van der Waals surface area contributed by atoms with Crippen molar-refractivity contribution in [1.29, 1.82) is 0 Å². The minimum absolute atomic E-state index is 0.0430. The molecule has 1 amide bonds. The van der Waals surface area contributed by atoms with Gasteiger partial charge in [0.2, 0.25) is 10.0 Å². The van der Waals surface area contributed by atoms with Crippen molar-refractivity contribution in [3.63, 3.8) is 0 Å². The van der Waals surface area contributed by atoms with Gasteiger partial charge in [-0.25, -0.2) is 13.1 Å². The third-order valence-electron chi connectivity index (χ3n) is 4.67. The number of carbonyl (C=O) groups excluding carboxylic acids is 1. The topological polar surface area (TPSA) is 75.7 Å². The van der Waals surface area contributed by atoms with E-state index in [9.17, 15) is 13.2 Å². The van der Waals surface area contributed by atoms with Crippen molar-refractivity contribution < 1.29 is 17.9 Å². The summed E-state index contributed by atoms with van der Waals surface area (Å²) in [4.78, 5) is 14.8. The Balaban J connectivity index is 1.79. The molecule has 1 N–H and O–H groups in total. The van der Waals surface area contributed by atoms with Crippen LogP contribution in [0.5, 0.6) is 0 Å². The molecular formula is C16H22N2O4S. The van der Waals surface area contributed by atoms with E-state index < -0.39 is 10.0 Å². The molecule has 0 bridgehead atoms. The van der Waals surface area contributed by atoms with Gasteiger partial charge in [0.05, 0.1) is 23.6 Å². The number of sulfonamides is 1. The molecule has 1 aromatic rings. The number of benzene rings is 1. The van der Waals surface area contributed by atoms with Gasteiger partial charge in [0.1, 0.15) is 0 Å². The summed E-state index contributed by atoms with van der Waals surface area (Å²) in [5.41, 5.74) is 0.520. The molecule has 1 saturated heterocycles. The van der Waals surface area contributed by atoms with E-state index in [0.29, 0.717) is 18.7 Å². The lowest BCUT2D eigenvalue weighted by molar-refractivity contribution is -0.0752. The fourth-order valence-electron chi connectivity index (χ4n) is 3.41. The number of morpholine rings is 1. The average molecular weight is 338 g/mol. The molecule has 0 spiro atoms. The van der Waals surface area contributed by atoms with Gasteiger partial charge < -0.3 is 9.64 Å². The second kappa shape index (κ2) is 6.59. The molecule has 1 aliphatic carbocycles. The minimum atomic E-state index is -3.48. The van der Waals surface area contributed by atoms with E-state index in [1.165, 1.54) is 19.2 Å². The van der Waals surface area contributed by atoms with Crippen molar-refractivity contribution in [2.24, 2.45) is 0 Å². The van der Waals surface area contributed by atoms with Gasteiger partial charge in [-0.2, -0.15) is 0 Å². The number of rotatable bonds is 3. The molecule has 0 radical (unpaired) electrons. The molecule has 2 unspecified atom stereocenters. The molecular weight excluding hydrogens is 316 g/mol. The molecule has 2 atom stereocenters. The van der Waals surface area contributed by atoms with Gasteiger partial charge in [0.15, 0.2) is 0 Å². The van der Waals surface area contributed by atoms with Crippen LogP contribution in [0.1, 0.15) is 36.0 Å². The summed E-state index contributed by atoms with van der Waals surface area (Å²) < 4.78 is 31.6. The number of hydrogen-bond acceptors (Lipinski definition) is 4. The lowest BCUT2D eigenvalue weighted by Crippen LogP contribution is -2.54. The van der Waals surface area contributed by atoms with Crippen molar-refractivity contribution in [2.45, 2.75) is 42.7 Å². The van der Waals surface area contributed by atoms with Crippen molar-refractivity contribution in [3.05, 3.63) is 29.8 Å². The molecule has 0 aromatic heterocycles. The number of hydrogen-bond donors (Lipinski definition) is 1. The van der Waals surface area contributed by atoms with Crippen LogP contribution in [0.4, 0.5) is 0 Å². The average Bonchev–Trinajstić information content (AvgIpc) is 2.60.